The van der Waals surface area contributed by atoms with E-state index >= 15 is 0 Å². The molecule has 0 spiro atoms. The maximum Gasteiger partial charge on any atom is 0.353 e. The molecule has 5 aromatic rings. The quantitative estimate of drug-likeness (QED) is 0.167. The van der Waals surface area contributed by atoms with Crippen molar-refractivity contribution in [3.63, 3.8) is 0 Å². The number of nitrogens with zero attached hydrogens (tertiary/aromatic N) is 4. The van der Waals surface area contributed by atoms with E-state index in [1.165, 1.54) is 4.31 Å². The first-order chi connectivity index (χ1) is 20.8. The van der Waals surface area contributed by atoms with Gasteiger partial charge in [-0.3, -0.25) is 4.31 Å². The Morgan fingerprint density at radius 1 is 0.977 bits per heavy atom. The molecule has 0 atom stereocenters. The van der Waals surface area contributed by atoms with Crippen molar-refractivity contribution in [2.75, 3.05) is 23.4 Å². The Balaban J connectivity index is 1.57. The smallest absolute Gasteiger partial charge is 0.353 e. The largest absolute Gasteiger partial charge is 0.477 e. The Morgan fingerprint density at radius 2 is 1.77 bits per heavy atom. The summed E-state index contributed by atoms with van der Waals surface area (Å²) in [5.41, 5.74) is 4.69. The van der Waals surface area contributed by atoms with E-state index in [9.17, 15) is 18.3 Å². The Bertz CT molecular complexity index is 1930. The highest BCUT2D eigenvalue weighted by Gasteiger charge is 2.28. The number of hydrogen-bond donors (Lipinski definition) is 1. The number of ether oxygens (including phenoxy) is 2. The third-order valence-corrected chi connectivity index (χ3v) is 10.1. The molecule has 1 aliphatic heterocycles. The molecular weight excluding hydrogens is 588 g/mol. The maximum absolute atomic E-state index is 13.5. The third kappa shape index (κ3) is 5.52. The lowest BCUT2D eigenvalue weighted by atomic mass is 10.0. The van der Waals surface area contributed by atoms with Gasteiger partial charge in [0, 0.05) is 29.6 Å². The number of rotatable bonds is 12. The van der Waals surface area contributed by atoms with E-state index in [1.807, 2.05) is 62.4 Å². The van der Waals surface area contributed by atoms with Crippen molar-refractivity contribution in [2.45, 2.75) is 46.1 Å². The second-order valence-electron chi connectivity index (χ2n) is 10.6. The molecule has 1 aliphatic rings. The van der Waals surface area contributed by atoms with Crippen molar-refractivity contribution in [1.82, 2.24) is 13.3 Å². The van der Waals surface area contributed by atoms with Crippen LogP contribution in [0.15, 0.2) is 54.6 Å². The molecule has 3 aromatic carbocycles. The second-order valence-corrected chi connectivity index (χ2v) is 13.1. The minimum absolute atomic E-state index is 0.0527. The third-order valence-electron chi connectivity index (χ3n) is 7.66. The van der Waals surface area contributed by atoms with Crippen molar-refractivity contribution >= 4 is 55.3 Å². The molecule has 0 bridgehead atoms. The predicted molar refractivity (Wildman–Crippen MR) is 168 cm³/mol. The summed E-state index contributed by atoms with van der Waals surface area (Å²) >= 11 is 1.09. The monoisotopic (exact) mass is 620 g/mol. The molecule has 0 fully saturated rings. The molecule has 0 aliphatic carbocycles. The van der Waals surface area contributed by atoms with Crippen molar-refractivity contribution in [1.29, 1.82) is 0 Å². The number of carbonyl (C=O) groups is 1. The normalized spacial score (nSPS) is 12.8. The van der Waals surface area contributed by atoms with E-state index in [0.29, 0.717) is 64.1 Å². The number of hydrogen-bond acceptors (Lipinski definition) is 8. The Morgan fingerprint density at radius 3 is 2.56 bits per heavy atom. The average molecular weight is 621 g/mol. The number of aromatic nitrogens is 3. The van der Waals surface area contributed by atoms with Crippen LogP contribution in [0.4, 0.5) is 5.69 Å². The van der Waals surface area contributed by atoms with Gasteiger partial charge in [-0.2, -0.15) is 8.75 Å². The van der Waals surface area contributed by atoms with Crippen molar-refractivity contribution in [3.8, 4) is 22.6 Å². The van der Waals surface area contributed by atoms with E-state index in [-0.39, 0.29) is 24.8 Å². The number of anilines is 1. The fraction of sp³-hybridized carbons (Fsp3) is 0.323. The van der Waals surface area contributed by atoms with Gasteiger partial charge in [-0.15, -0.1) is 0 Å². The lowest BCUT2D eigenvalue weighted by Gasteiger charge is -2.24. The van der Waals surface area contributed by atoms with Gasteiger partial charge in [0.15, 0.2) is 11.5 Å². The van der Waals surface area contributed by atoms with E-state index in [2.05, 4.69) is 8.75 Å². The topological polar surface area (TPSA) is 124 Å². The van der Waals surface area contributed by atoms with Crippen LogP contribution in [0.3, 0.4) is 0 Å². The van der Waals surface area contributed by atoms with Crippen LogP contribution in [0.5, 0.6) is 11.5 Å². The number of carboxylic acids is 1. The molecule has 224 valence electrons. The predicted octanol–water partition coefficient (Wildman–Crippen LogP) is 6.52. The Kier molecular flexibility index (Phi) is 7.97. The van der Waals surface area contributed by atoms with E-state index in [0.717, 1.165) is 35.6 Å². The lowest BCUT2D eigenvalue weighted by molar-refractivity contribution is 0.0687. The maximum atomic E-state index is 13.5. The SMILES string of the molecule is CCCCN(c1ccc2c(c1)c(-c1ccc3nsnc3c1)c(C(=O)O)n2Cc1ccc2c(c1)OCO2)S(=O)(=O)CCCC. The Labute approximate surface area is 253 Å². The van der Waals surface area contributed by atoms with Gasteiger partial charge in [-0.25, -0.2) is 13.2 Å². The summed E-state index contributed by atoms with van der Waals surface area (Å²) in [5.74, 6) is 0.213. The van der Waals surface area contributed by atoms with Gasteiger partial charge >= 0.3 is 5.97 Å². The molecular formula is C31H32N4O6S2. The summed E-state index contributed by atoms with van der Waals surface area (Å²) in [6, 6.07) is 16.5. The summed E-state index contributed by atoms with van der Waals surface area (Å²) in [5, 5.41) is 11.3. The van der Waals surface area contributed by atoms with Crippen molar-refractivity contribution in [3.05, 3.63) is 65.9 Å². The highest BCUT2D eigenvalue weighted by Crippen LogP contribution is 2.40. The minimum Gasteiger partial charge on any atom is -0.477 e. The molecule has 0 saturated heterocycles. The zero-order chi connectivity index (χ0) is 30.1. The molecule has 6 rings (SSSR count). The fourth-order valence-electron chi connectivity index (χ4n) is 5.50. The van der Waals surface area contributed by atoms with Gasteiger partial charge in [-0.1, -0.05) is 38.8 Å². The standard InChI is InChI=1S/C31H32N4O6S2/c1-3-5-13-35(43(38,39)14-6-4-2)22-9-11-26-23(17-22)29(21-8-10-24-25(16-21)33-42-32-24)30(31(36)37)34(26)18-20-7-12-27-28(15-20)41-19-40-27/h7-12,15-17H,3-6,13-14,18-19H2,1-2H3,(H,36,37). The number of sulfonamides is 1. The minimum atomic E-state index is -3.58. The van der Waals surface area contributed by atoms with Crippen molar-refractivity contribution in [2.24, 2.45) is 0 Å². The van der Waals surface area contributed by atoms with E-state index in [4.69, 9.17) is 9.47 Å². The van der Waals surface area contributed by atoms with Crippen LogP contribution in [-0.4, -0.2) is 51.9 Å². The first kappa shape index (κ1) is 28.9. The van der Waals surface area contributed by atoms with Crippen LogP contribution in [0.2, 0.25) is 0 Å². The van der Waals surface area contributed by atoms with Gasteiger partial charge in [0.05, 0.1) is 23.2 Å². The van der Waals surface area contributed by atoms with Crippen LogP contribution in [0.1, 0.15) is 55.6 Å². The first-order valence-electron chi connectivity index (χ1n) is 14.3. The zero-order valence-corrected chi connectivity index (χ0v) is 25.6. The fourth-order valence-corrected chi connectivity index (χ4v) is 7.74. The zero-order valence-electron chi connectivity index (χ0n) is 23.9. The summed E-state index contributed by atoms with van der Waals surface area (Å²) in [4.78, 5) is 13.0. The number of benzene rings is 3. The van der Waals surface area contributed by atoms with Gasteiger partial charge in [0.25, 0.3) is 0 Å². The average Bonchev–Trinajstić information content (AvgIpc) is 3.73. The van der Waals surface area contributed by atoms with Crippen LogP contribution in [0.25, 0.3) is 33.1 Å². The van der Waals surface area contributed by atoms with Crippen LogP contribution < -0.4 is 13.8 Å². The van der Waals surface area contributed by atoms with E-state index < -0.39 is 16.0 Å². The molecule has 3 heterocycles. The summed E-state index contributed by atoms with van der Waals surface area (Å²) in [6.45, 7) is 4.74. The summed E-state index contributed by atoms with van der Waals surface area (Å²) in [7, 11) is -3.58. The van der Waals surface area contributed by atoms with Crippen LogP contribution in [0, 0.1) is 0 Å². The molecule has 10 nitrogen and oxygen atoms in total. The summed E-state index contributed by atoms with van der Waals surface area (Å²) < 4.78 is 49.9. The molecule has 0 saturated carbocycles. The molecule has 43 heavy (non-hydrogen) atoms. The molecule has 0 amide bonds. The molecule has 12 heteroatoms. The number of fused-ring (bicyclic) bond motifs is 3. The molecule has 1 N–H and O–H groups in total. The van der Waals surface area contributed by atoms with Crippen LogP contribution >= 0.6 is 11.7 Å². The number of carboxylic acid groups (broad SMARTS) is 1. The highest BCUT2D eigenvalue weighted by atomic mass is 32.2. The van der Waals surface area contributed by atoms with Gasteiger partial charge in [0.1, 0.15) is 16.7 Å². The van der Waals surface area contributed by atoms with Gasteiger partial charge in [0.2, 0.25) is 16.8 Å². The van der Waals surface area contributed by atoms with Gasteiger partial charge < -0.3 is 19.1 Å². The Hall–Kier alpha value is -4.16. The molecule has 0 radical (unpaired) electrons. The van der Waals surface area contributed by atoms with Crippen LogP contribution in [-0.2, 0) is 16.6 Å². The highest BCUT2D eigenvalue weighted by molar-refractivity contribution is 7.92. The summed E-state index contributed by atoms with van der Waals surface area (Å²) in [6.07, 6.45) is 2.87. The lowest BCUT2D eigenvalue weighted by Crippen LogP contribution is -2.34. The first-order valence-corrected chi connectivity index (χ1v) is 16.7. The second kappa shape index (κ2) is 11.8. The van der Waals surface area contributed by atoms with E-state index in [1.54, 1.807) is 10.6 Å². The molecule has 0 unspecified atom stereocenters. The molecule has 2 aromatic heterocycles. The van der Waals surface area contributed by atoms with Gasteiger partial charge in [-0.05, 0) is 66.4 Å². The number of aromatic carboxylic acids is 1. The number of unbranched alkanes of at least 4 members (excludes halogenated alkanes) is 2. The van der Waals surface area contributed by atoms with Crippen molar-refractivity contribution < 1.29 is 27.8 Å².